The van der Waals surface area contributed by atoms with E-state index in [1.807, 2.05) is 17.0 Å². The molecule has 1 amide bonds. The van der Waals surface area contributed by atoms with Gasteiger partial charge in [0, 0.05) is 44.5 Å². The van der Waals surface area contributed by atoms with Crippen molar-refractivity contribution in [2.24, 2.45) is 0 Å². The third-order valence-electron chi connectivity index (χ3n) is 3.15. The summed E-state index contributed by atoms with van der Waals surface area (Å²) in [5, 5.41) is 2.85. The van der Waals surface area contributed by atoms with E-state index in [0.29, 0.717) is 0 Å². The minimum absolute atomic E-state index is 0.158. The first kappa shape index (κ1) is 12.8. The van der Waals surface area contributed by atoms with Crippen LogP contribution in [0, 0.1) is 0 Å². The normalized spacial score (nSPS) is 15.4. The number of carbonyl (C=O) groups excluding carboxylic acids is 1. The standard InChI is InChI=1S/C13H16N3OS/c1-11(17)15-6-8-16(9-7-15)13-4-2-12(3-5-13)14-10-18/h2-5H,6-9H2,1H3,(H,14,18). The van der Waals surface area contributed by atoms with E-state index in [9.17, 15) is 4.79 Å². The summed E-state index contributed by atoms with van der Waals surface area (Å²) < 4.78 is 0. The zero-order valence-electron chi connectivity index (χ0n) is 10.3. The molecule has 0 spiro atoms. The first-order valence-electron chi connectivity index (χ1n) is 5.94. The lowest BCUT2D eigenvalue weighted by Gasteiger charge is -2.35. The number of piperazine rings is 1. The van der Waals surface area contributed by atoms with Gasteiger partial charge in [0.1, 0.15) is 5.49 Å². The molecule has 1 fully saturated rings. The maximum absolute atomic E-state index is 11.2. The third-order valence-corrected chi connectivity index (χ3v) is 3.25. The summed E-state index contributed by atoms with van der Waals surface area (Å²) in [6.45, 7) is 4.97. The molecule has 1 aromatic rings. The van der Waals surface area contributed by atoms with Crippen LogP contribution in [0.3, 0.4) is 0 Å². The highest BCUT2D eigenvalue weighted by Gasteiger charge is 2.18. The van der Waals surface area contributed by atoms with Gasteiger partial charge in [-0.15, -0.1) is 0 Å². The SMILES string of the molecule is CC(=O)N1CCN(c2ccc(N[C]=S)cc2)CC1. The molecular formula is C13H16N3OS. The smallest absolute Gasteiger partial charge is 0.219 e. The molecular weight excluding hydrogens is 246 g/mol. The van der Waals surface area contributed by atoms with E-state index in [-0.39, 0.29) is 5.91 Å². The molecule has 95 valence electrons. The van der Waals surface area contributed by atoms with Gasteiger partial charge in [0.25, 0.3) is 0 Å². The number of thiocarbonyl (C=S) groups is 1. The van der Waals surface area contributed by atoms with Crippen molar-refractivity contribution in [2.45, 2.75) is 6.92 Å². The highest BCUT2D eigenvalue weighted by Crippen LogP contribution is 2.19. The second-order valence-electron chi connectivity index (χ2n) is 4.27. The van der Waals surface area contributed by atoms with E-state index in [0.717, 1.165) is 31.9 Å². The second-order valence-corrected chi connectivity index (χ2v) is 4.47. The molecule has 0 aliphatic carbocycles. The molecule has 1 aliphatic rings. The zero-order valence-corrected chi connectivity index (χ0v) is 11.2. The Labute approximate surface area is 113 Å². The van der Waals surface area contributed by atoms with Crippen molar-refractivity contribution in [2.75, 3.05) is 36.4 Å². The van der Waals surface area contributed by atoms with Gasteiger partial charge in [-0.2, -0.15) is 0 Å². The molecule has 1 saturated heterocycles. The molecule has 0 aromatic heterocycles. The van der Waals surface area contributed by atoms with Crippen LogP contribution < -0.4 is 10.2 Å². The van der Waals surface area contributed by atoms with Crippen LogP contribution in [0.5, 0.6) is 0 Å². The molecule has 18 heavy (non-hydrogen) atoms. The number of nitrogens with one attached hydrogen (secondary N) is 1. The number of anilines is 2. The Morgan fingerprint density at radius 2 is 1.83 bits per heavy atom. The Kier molecular flexibility index (Phi) is 4.15. The van der Waals surface area contributed by atoms with Crippen molar-refractivity contribution in [3.05, 3.63) is 24.3 Å². The molecule has 5 heteroatoms. The molecule has 1 N–H and O–H groups in total. The second kappa shape index (κ2) is 5.82. The van der Waals surface area contributed by atoms with Gasteiger partial charge in [-0.3, -0.25) is 4.79 Å². The van der Waals surface area contributed by atoms with Gasteiger partial charge in [0.2, 0.25) is 5.91 Å². The Morgan fingerprint density at radius 3 is 2.33 bits per heavy atom. The maximum Gasteiger partial charge on any atom is 0.219 e. The van der Waals surface area contributed by atoms with Crippen LogP contribution >= 0.6 is 12.2 Å². The van der Waals surface area contributed by atoms with E-state index in [4.69, 9.17) is 0 Å². The number of nitrogens with zero attached hydrogens (tertiary/aromatic N) is 2. The van der Waals surface area contributed by atoms with Gasteiger partial charge in [0.05, 0.1) is 0 Å². The highest BCUT2D eigenvalue weighted by atomic mass is 32.1. The largest absolute Gasteiger partial charge is 0.368 e. The fraction of sp³-hybridized carbons (Fsp3) is 0.385. The van der Waals surface area contributed by atoms with Crippen LogP contribution in [-0.4, -0.2) is 42.5 Å². The minimum Gasteiger partial charge on any atom is -0.368 e. The molecule has 1 heterocycles. The van der Waals surface area contributed by atoms with E-state index >= 15 is 0 Å². The van der Waals surface area contributed by atoms with Crippen molar-refractivity contribution < 1.29 is 4.79 Å². The number of hydrogen-bond donors (Lipinski definition) is 1. The molecule has 2 rings (SSSR count). The molecule has 0 unspecified atom stereocenters. The van der Waals surface area contributed by atoms with E-state index in [2.05, 4.69) is 40.1 Å². The summed E-state index contributed by atoms with van der Waals surface area (Å²) >= 11 is 4.62. The Morgan fingerprint density at radius 1 is 1.22 bits per heavy atom. The van der Waals surface area contributed by atoms with Gasteiger partial charge >= 0.3 is 0 Å². The Balaban J connectivity index is 1.96. The lowest BCUT2D eigenvalue weighted by Crippen LogP contribution is -2.48. The predicted octanol–water partition coefficient (Wildman–Crippen LogP) is 1.60. The van der Waals surface area contributed by atoms with Crippen LogP contribution in [-0.2, 0) is 4.79 Å². The van der Waals surface area contributed by atoms with Crippen LogP contribution in [0.25, 0.3) is 0 Å². The number of benzene rings is 1. The van der Waals surface area contributed by atoms with Gasteiger partial charge in [-0.05, 0) is 24.3 Å². The number of amides is 1. The van der Waals surface area contributed by atoms with Crippen molar-refractivity contribution >= 4 is 35.0 Å². The summed E-state index contributed by atoms with van der Waals surface area (Å²) in [5.74, 6) is 0.158. The molecule has 0 saturated carbocycles. The molecule has 0 bridgehead atoms. The average molecular weight is 262 g/mol. The fourth-order valence-electron chi connectivity index (χ4n) is 2.09. The average Bonchev–Trinajstić information content (AvgIpc) is 2.40. The zero-order chi connectivity index (χ0) is 13.0. The van der Waals surface area contributed by atoms with Crippen molar-refractivity contribution in [3.8, 4) is 0 Å². The summed E-state index contributed by atoms with van der Waals surface area (Å²) in [6.07, 6.45) is 0. The molecule has 1 aromatic carbocycles. The van der Waals surface area contributed by atoms with Gasteiger partial charge < -0.3 is 15.1 Å². The lowest BCUT2D eigenvalue weighted by atomic mass is 10.2. The molecule has 1 radical (unpaired) electrons. The van der Waals surface area contributed by atoms with E-state index in [1.54, 1.807) is 6.92 Å². The number of hydrogen-bond acceptors (Lipinski definition) is 3. The van der Waals surface area contributed by atoms with Gasteiger partial charge in [-0.25, -0.2) is 0 Å². The fourth-order valence-corrected chi connectivity index (χ4v) is 2.21. The summed E-state index contributed by atoms with van der Waals surface area (Å²) in [7, 11) is 0. The number of carbonyl (C=O) groups is 1. The summed E-state index contributed by atoms with van der Waals surface area (Å²) in [5.41, 5.74) is 4.59. The monoisotopic (exact) mass is 262 g/mol. The van der Waals surface area contributed by atoms with Gasteiger partial charge in [-0.1, -0.05) is 12.2 Å². The van der Waals surface area contributed by atoms with Crippen LogP contribution in [0.4, 0.5) is 11.4 Å². The first-order chi connectivity index (χ1) is 8.70. The van der Waals surface area contributed by atoms with Crippen molar-refractivity contribution in [1.29, 1.82) is 0 Å². The Hall–Kier alpha value is -1.62. The van der Waals surface area contributed by atoms with Crippen LogP contribution in [0.15, 0.2) is 24.3 Å². The highest BCUT2D eigenvalue weighted by molar-refractivity contribution is 7.79. The first-order valence-corrected chi connectivity index (χ1v) is 6.35. The summed E-state index contributed by atoms with van der Waals surface area (Å²) in [4.78, 5) is 15.4. The van der Waals surface area contributed by atoms with Crippen LogP contribution in [0.1, 0.15) is 6.92 Å². The van der Waals surface area contributed by atoms with Gasteiger partial charge in [0.15, 0.2) is 0 Å². The summed E-state index contributed by atoms with van der Waals surface area (Å²) in [6, 6.07) is 8.06. The van der Waals surface area contributed by atoms with E-state index < -0.39 is 0 Å². The third kappa shape index (κ3) is 2.98. The molecule has 4 nitrogen and oxygen atoms in total. The lowest BCUT2D eigenvalue weighted by molar-refractivity contribution is -0.129. The minimum atomic E-state index is 0.158. The van der Waals surface area contributed by atoms with Crippen molar-refractivity contribution in [3.63, 3.8) is 0 Å². The quantitative estimate of drug-likeness (QED) is 0.663. The topological polar surface area (TPSA) is 35.6 Å². The van der Waals surface area contributed by atoms with E-state index in [1.165, 1.54) is 5.69 Å². The molecule has 1 aliphatic heterocycles. The molecule has 0 atom stereocenters. The predicted molar refractivity (Wildman–Crippen MR) is 77.1 cm³/mol. The Bertz CT molecular complexity index is 424. The van der Waals surface area contributed by atoms with Crippen molar-refractivity contribution in [1.82, 2.24) is 4.90 Å². The van der Waals surface area contributed by atoms with Crippen LogP contribution in [0.2, 0.25) is 0 Å². The maximum atomic E-state index is 11.2. The number of rotatable bonds is 3.